The number of amides is 1. The van der Waals surface area contributed by atoms with Crippen LogP contribution in [-0.4, -0.2) is 23.7 Å². The molecule has 1 saturated heterocycles. The first-order valence-corrected chi connectivity index (χ1v) is 5.90. The van der Waals surface area contributed by atoms with E-state index in [-0.39, 0.29) is 12.3 Å². The van der Waals surface area contributed by atoms with Crippen LogP contribution in [-0.2, 0) is 4.79 Å². The number of rotatable bonds is 1. The molecule has 0 spiro atoms. The van der Waals surface area contributed by atoms with Gasteiger partial charge in [0.05, 0.1) is 24.8 Å². The molecule has 0 saturated carbocycles. The summed E-state index contributed by atoms with van der Waals surface area (Å²) in [6.45, 7) is 2.44. The van der Waals surface area contributed by atoms with Gasteiger partial charge < -0.3 is 10.0 Å². The molecule has 1 aromatic rings. The zero-order valence-corrected chi connectivity index (χ0v) is 10.6. The van der Waals surface area contributed by atoms with Gasteiger partial charge in [-0.3, -0.25) is 4.79 Å². The average molecular weight is 317 g/mol. The number of β-amino-alcohol motifs (C(OH)–C–C–N with tert-alkyl or cyclic N) is 1. The van der Waals surface area contributed by atoms with Crippen molar-refractivity contribution in [1.82, 2.24) is 0 Å². The van der Waals surface area contributed by atoms with Crippen molar-refractivity contribution < 1.29 is 9.90 Å². The number of hydrogen-bond donors (Lipinski definition) is 1. The first-order valence-electron chi connectivity index (χ1n) is 4.82. The SMILES string of the molecule is Cc1ccc(N2CC(O)CC2=O)c(I)c1. The highest BCUT2D eigenvalue weighted by molar-refractivity contribution is 14.1. The van der Waals surface area contributed by atoms with E-state index in [1.54, 1.807) is 4.90 Å². The lowest BCUT2D eigenvalue weighted by Crippen LogP contribution is -2.26. The molecule has 1 heterocycles. The summed E-state index contributed by atoms with van der Waals surface area (Å²) in [4.78, 5) is 13.2. The van der Waals surface area contributed by atoms with Gasteiger partial charge in [0, 0.05) is 3.57 Å². The Morgan fingerprint density at radius 2 is 2.27 bits per heavy atom. The summed E-state index contributed by atoms with van der Waals surface area (Å²) in [5, 5.41) is 9.41. The molecule has 1 fully saturated rings. The molecule has 1 aliphatic heterocycles. The van der Waals surface area contributed by atoms with Crippen LogP contribution in [0.1, 0.15) is 12.0 Å². The highest BCUT2D eigenvalue weighted by Crippen LogP contribution is 2.27. The van der Waals surface area contributed by atoms with Crippen LogP contribution in [0.25, 0.3) is 0 Å². The van der Waals surface area contributed by atoms with Gasteiger partial charge in [-0.15, -0.1) is 0 Å². The largest absolute Gasteiger partial charge is 0.391 e. The number of nitrogens with zero attached hydrogens (tertiary/aromatic N) is 1. The molecule has 0 aliphatic carbocycles. The van der Waals surface area contributed by atoms with E-state index in [0.29, 0.717) is 6.54 Å². The minimum atomic E-state index is -0.519. The van der Waals surface area contributed by atoms with Gasteiger partial charge in [-0.25, -0.2) is 0 Å². The number of aliphatic hydroxyl groups is 1. The summed E-state index contributed by atoms with van der Waals surface area (Å²) in [6.07, 6.45) is -0.279. The van der Waals surface area contributed by atoms with Gasteiger partial charge in [-0.2, -0.15) is 0 Å². The van der Waals surface area contributed by atoms with Gasteiger partial charge in [-0.1, -0.05) is 6.07 Å². The molecule has 1 N–H and O–H groups in total. The Kier molecular flexibility index (Phi) is 2.97. The molecule has 2 rings (SSSR count). The molecule has 3 nitrogen and oxygen atoms in total. The van der Waals surface area contributed by atoms with Crippen molar-refractivity contribution >= 4 is 34.2 Å². The number of carbonyl (C=O) groups is 1. The zero-order valence-electron chi connectivity index (χ0n) is 8.40. The highest BCUT2D eigenvalue weighted by Gasteiger charge is 2.29. The third kappa shape index (κ3) is 2.15. The molecule has 15 heavy (non-hydrogen) atoms. The predicted octanol–water partition coefficient (Wildman–Crippen LogP) is 1.70. The van der Waals surface area contributed by atoms with Crippen molar-refractivity contribution in [3.63, 3.8) is 0 Å². The van der Waals surface area contributed by atoms with Gasteiger partial charge in [0.2, 0.25) is 5.91 Å². The van der Waals surface area contributed by atoms with Crippen molar-refractivity contribution in [2.45, 2.75) is 19.4 Å². The topological polar surface area (TPSA) is 40.5 Å². The van der Waals surface area contributed by atoms with Gasteiger partial charge in [0.1, 0.15) is 0 Å². The average Bonchev–Trinajstić information content (AvgIpc) is 2.45. The second kappa shape index (κ2) is 4.09. The number of anilines is 1. The molecule has 1 atom stereocenters. The molecule has 1 unspecified atom stereocenters. The van der Waals surface area contributed by atoms with Crippen LogP contribution in [0.15, 0.2) is 18.2 Å². The molecule has 1 aromatic carbocycles. The second-order valence-corrected chi connectivity index (χ2v) is 4.98. The van der Waals surface area contributed by atoms with E-state index in [0.717, 1.165) is 9.26 Å². The third-order valence-electron chi connectivity index (χ3n) is 2.50. The summed E-state index contributed by atoms with van der Waals surface area (Å²) in [7, 11) is 0. The van der Waals surface area contributed by atoms with Gasteiger partial charge in [0.25, 0.3) is 0 Å². The van der Waals surface area contributed by atoms with Crippen LogP contribution in [0, 0.1) is 10.5 Å². The number of aryl methyl sites for hydroxylation is 1. The van der Waals surface area contributed by atoms with Crippen molar-refractivity contribution in [3.05, 3.63) is 27.3 Å². The molecule has 1 amide bonds. The first kappa shape index (κ1) is 10.9. The van der Waals surface area contributed by atoms with Crippen LogP contribution in [0.4, 0.5) is 5.69 Å². The minimum absolute atomic E-state index is 0.00395. The number of carbonyl (C=O) groups excluding carboxylic acids is 1. The van der Waals surface area contributed by atoms with Crippen molar-refractivity contribution in [1.29, 1.82) is 0 Å². The Labute approximate surface area is 102 Å². The van der Waals surface area contributed by atoms with Crippen molar-refractivity contribution in [3.8, 4) is 0 Å². The monoisotopic (exact) mass is 317 g/mol. The Morgan fingerprint density at radius 1 is 1.53 bits per heavy atom. The predicted molar refractivity (Wildman–Crippen MR) is 66.9 cm³/mol. The Morgan fingerprint density at radius 3 is 2.80 bits per heavy atom. The maximum atomic E-state index is 11.6. The maximum Gasteiger partial charge on any atom is 0.229 e. The number of halogens is 1. The van der Waals surface area contributed by atoms with E-state index >= 15 is 0 Å². The fourth-order valence-electron chi connectivity index (χ4n) is 1.75. The summed E-state index contributed by atoms with van der Waals surface area (Å²) >= 11 is 2.22. The maximum absolute atomic E-state index is 11.6. The molecular weight excluding hydrogens is 305 g/mol. The summed E-state index contributed by atoms with van der Waals surface area (Å²) < 4.78 is 1.05. The third-order valence-corrected chi connectivity index (χ3v) is 3.36. The highest BCUT2D eigenvalue weighted by atomic mass is 127. The normalized spacial score (nSPS) is 21.1. The number of hydrogen-bond acceptors (Lipinski definition) is 2. The quantitative estimate of drug-likeness (QED) is 0.801. The van der Waals surface area contributed by atoms with E-state index < -0.39 is 6.10 Å². The molecule has 0 aromatic heterocycles. The standard InChI is InChI=1S/C11H12INO2/c1-7-2-3-10(9(12)4-7)13-6-8(14)5-11(13)15/h2-4,8,14H,5-6H2,1H3. The van der Waals surface area contributed by atoms with Crippen LogP contribution in [0.2, 0.25) is 0 Å². The zero-order chi connectivity index (χ0) is 11.0. The lowest BCUT2D eigenvalue weighted by atomic mass is 10.2. The number of benzene rings is 1. The first-order chi connectivity index (χ1) is 7.08. The second-order valence-electron chi connectivity index (χ2n) is 3.82. The fraction of sp³-hybridized carbons (Fsp3) is 0.364. The van der Waals surface area contributed by atoms with Gasteiger partial charge >= 0.3 is 0 Å². The van der Waals surface area contributed by atoms with E-state index in [1.807, 2.05) is 25.1 Å². The number of aliphatic hydroxyl groups excluding tert-OH is 1. The van der Waals surface area contributed by atoms with Crippen LogP contribution in [0.3, 0.4) is 0 Å². The molecule has 0 radical (unpaired) electrons. The van der Waals surface area contributed by atoms with Crippen LogP contribution < -0.4 is 4.90 Å². The van der Waals surface area contributed by atoms with Gasteiger partial charge in [-0.05, 0) is 47.2 Å². The molecule has 1 aliphatic rings. The Hall–Kier alpha value is -0.620. The van der Waals surface area contributed by atoms with Crippen LogP contribution >= 0.6 is 22.6 Å². The summed E-state index contributed by atoms with van der Waals surface area (Å²) in [5.41, 5.74) is 2.08. The van der Waals surface area contributed by atoms with E-state index in [4.69, 9.17) is 0 Å². The van der Waals surface area contributed by atoms with Crippen molar-refractivity contribution in [2.24, 2.45) is 0 Å². The fourth-order valence-corrected chi connectivity index (χ4v) is 2.71. The van der Waals surface area contributed by atoms with E-state index in [9.17, 15) is 9.90 Å². The molecule has 4 heteroatoms. The van der Waals surface area contributed by atoms with Gasteiger partial charge in [0.15, 0.2) is 0 Å². The van der Waals surface area contributed by atoms with E-state index in [1.165, 1.54) is 5.56 Å². The summed E-state index contributed by atoms with van der Waals surface area (Å²) in [5.74, 6) is 0.00395. The van der Waals surface area contributed by atoms with Crippen LogP contribution in [0.5, 0.6) is 0 Å². The molecule has 0 bridgehead atoms. The molecular formula is C11H12INO2. The lowest BCUT2D eigenvalue weighted by Gasteiger charge is -2.17. The molecule has 80 valence electrons. The summed E-state index contributed by atoms with van der Waals surface area (Å²) in [6, 6.07) is 5.95. The Balaban J connectivity index is 2.34. The Bertz CT molecular complexity index is 406. The lowest BCUT2D eigenvalue weighted by molar-refractivity contribution is -0.117. The van der Waals surface area contributed by atoms with E-state index in [2.05, 4.69) is 22.6 Å². The van der Waals surface area contributed by atoms with Crippen molar-refractivity contribution in [2.75, 3.05) is 11.4 Å². The smallest absolute Gasteiger partial charge is 0.229 e. The minimum Gasteiger partial charge on any atom is -0.391 e.